The Bertz CT molecular complexity index is 1310. The van der Waals surface area contributed by atoms with Gasteiger partial charge >= 0.3 is 12.1 Å². The van der Waals surface area contributed by atoms with Crippen molar-refractivity contribution in [2.45, 2.75) is 91.3 Å². The minimum Gasteiger partial charge on any atom is -0.467 e. The summed E-state index contributed by atoms with van der Waals surface area (Å²) in [6, 6.07) is 14.8. The molecule has 4 amide bonds. The number of carbonyl (C=O) groups excluding carboxylic acids is 5. The van der Waals surface area contributed by atoms with Crippen LogP contribution in [0.1, 0.15) is 59.1 Å². The van der Waals surface area contributed by atoms with Gasteiger partial charge in [-0.1, -0.05) is 95.3 Å². The molecule has 0 aliphatic heterocycles. The molecular weight excluding hydrogens is 604 g/mol. The molecule has 12 nitrogen and oxygen atoms in total. The number of aliphatic hydroxyl groups is 1. The largest absolute Gasteiger partial charge is 0.467 e. The Morgan fingerprint density at radius 2 is 1.26 bits per heavy atom. The Labute approximate surface area is 277 Å². The van der Waals surface area contributed by atoms with Crippen LogP contribution in [0.15, 0.2) is 60.7 Å². The normalized spacial score (nSPS) is 14.9. The number of alkyl carbamates (subject to hydrolysis) is 1. The monoisotopic (exact) mass is 654 g/mol. The lowest BCUT2D eigenvalue weighted by Gasteiger charge is -2.30. The first kappa shape index (κ1) is 38.7. The maximum absolute atomic E-state index is 13.2. The number of rotatable bonds is 17. The predicted octanol–water partition coefficient (Wildman–Crippen LogP) is 2.87. The highest BCUT2D eigenvalue weighted by Gasteiger charge is 2.33. The maximum atomic E-state index is 13.2. The average Bonchev–Trinajstić information content (AvgIpc) is 3.04. The van der Waals surface area contributed by atoms with Crippen LogP contribution in [0.2, 0.25) is 0 Å². The third-order valence-corrected chi connectivity index (χ3v) is 7.75. The van der Waals surface area contributed by atoms with E-state index in [0.29, 0.717) is 0 Å². The molecule has 6 atom stereocenters. The zero-order valence-electron chi connectivity index (χ0n) is 28.3. The van der Waals surface area contributed by atoms with Gasteiger partial charge in [0, 0.05) is 6.42 Å². The molecule has 0 saturated carbocycles. The van der Waals surface area contributed by atoms with Gasteiger partial charge in [-0.25, -0.2) is 9.59 Å². The number of hydrogen-bond donors (Lipinski definition) is 5. The van der Waals surface area contributed by atoms with Crippen molar-refractivity contribution in [2.24, 2.45) is 17.8 Å². The van der Waals surface area contributed by atoms with Crippen LogP contribution in [0.4, 0.5) is 4.79 Å². The first-order valence-electron chi connectivity index (χ1n) is 15.9. The Morgan fingerprint density at radius 3 is 1.79 bits per heavy atom. The summed E-state index contributed by atoms with van der Waals surface area (Å²) in [6.07, 6.45) is -1.83. The van der Waals surface area contributed by atoms with Crippen molar-refractivity contribution in [3.8, 4) is 0 Å². The lowest BCUT2D eigenvalue weighted by atomic mass is 9.90. The lowest BCUT2D eigenvalue weighted by molar-refractivity contribution is -0.146. The van der Waals surface area contributed by atoms with E-state index in [1.165, 1.54) is 14.0 Å². The number of hydrogen-bond acceptors (Lipinski definition) is 8. The molecule has 2 aromatic rings. The highest BCUT2D eigenvalue weighted by molar-refractivity contribution is 5.91. The van der Waals surface area contributed by atoms with Gasteiger partial charge in [0.05, 0.1) is 19.3 Å². The number of carbonyl (C=O) groups is 5. The van der Waals surface area contributed by atoms with Crippen LogP contribution in [0.25, 0.3) is 0 Å². The van der Waals surface area contributed by atoms with E-state index in [2.05, 4.69) is 21.3 Å². The third-order valence-electron chi connectivity index (χ3n) is 7.75. The molecule has 0 saturated heterocycles. The predicted molar refractivity (Wildman–Crippen MR) is 177 cm³/mol. The van der Waals surface area contributed by atoms with E-state index >= 15 is 0 Å². The molecule has 0 radical (unpaired) electrons. The molecule has 0 fully saturated rings. The van der Waals surface area contributed by atoms with Gasteiger partial charge in [0.15, 0.2) is 0 Å². The van der Waals surface area contributed by atoms with Crippen molar-refractivity contribution in [3.05, 3.63) is 71.8 Å². The Kier molecular flexibility index (Phi) is 15.9. The van der Waals surface area contributed by atoms with E-state index in [0.717, 1.165) is 11.1 Å². The minimum atomic E-state index is -1.17. The van der Waals surface area contributed by atoms with Gasteiger partial charge in [-0.15, -0.1) is 0 Å². The van der Waals surface area contributed by atoms with E-state index in [4.69, 9.17) is 9.47 Å². The Morgan fingerprint density at radius 1 is 0.702 bits per heavy atom. The van der Waals surface area contributed by atoms with E-state index in [9.17, 15) is 29.1 Å². The average molecular weight is 655 g/mol. The molecule has 2 aromatic carbocycles. The van der Waals surface area contributed by atoms with E-state index in [1.54, 1.807) is 34.6 Å². The van der Waals surface area contributed by atoms with Crippen molar-refractivity contribution in [1.82, 2.24) is 21.3 Å². The Balaban J connectivity index is 2.07. The summed E-state index contributed by atoms with van der Waals surface area (Å²) < 4.78 is 10.0. The fourth-order valence-corrected chi connectivity index (χ4v) is 4.88. The molecule has 258 valence electrons. The molecule has 0 heterocycles. The highest BCUT2D eigenvalue weighted by Crippen LogP contribution is 2.17. The maximum Gasteiger partial charge on any atom is 0.408 e. The first-order valence-corrected chi connectivity index (χ1v) is 15.9. The van der Waals surface area contributed by atoms with Crippen molar-refractivity contribution < 1.29 is 38.6 Å². The summed E-state index contributed by atoms with van der Waals surface area (Å²) in [5.74, 6) is -3.31. The van der Waals surface area contributed by atoms with Gasteiger partial charge in [-0.3, -0.25) is 14.4 Å². The summed E-state index contributed by atoms with van der Waals surface area (Å²) in [7, 11) is 1.24. The second kappa shape index (κ2) is 19.3. The van der Waals surface area contributed by atoms with Crippen molar-refractivity contribution in [2.75, 3.05) is 7.11 Å². The SMILES string of the molecule is COC(=O)C(NC(=O)C(NC(=O)CC(C)C(O)[C@H](Cc1ccccc1)NC(=O)[C@H](C)NC(=O)OCc1ccccc1)C(C)C)C(C)C. The summed E-state index contributed by atoms with van der Waals surface area (Å²) >= 11 is 0. The molecular formula is C35H50N4O8. The molecule has 0 spiro atoms. The quantitative estimate of drug-likeness (QED) is 0.162. The van der Waals surface area contributed by atoms with Crippen molar-refractivity contribution in [3.63, 3.8) is 0 Å². The number of aliphatic hydroxyl groups excluding tert-OH is 1. The number of methoxy groups -OCH3 is 1. The second-order valence-electron chi connectivity index (χ2n) is 12.4. The van der Waals surface area contributed by atoms with Gasteiger partial charge in [0.2, 0.25) is 17.7 Å². The number of esters is 1. The minimum absolute atomic E-state index is 0.0405. The van der Waals surface area contributed by atoms with Crippen LogP contribution in [0, 0.1) is 17.8 Å². The van der Waals surface area contributed by atoms with E-state index < -0.39 is 66.0 Å². The molecule has 0 aliphatic rings. The van der Waals surface area contributed by atoms with Crippen molar-refractivity contribution >= 4 is 29.8 Å². The van der Waals surface area contributed by atoms with Crippen LogP contribution in [0.5, 0.6) is 0 Å². The zero-order chi connectivity index (χ0) is 35.1. The Hall–Kier alpha value is -4.45. The summed E-state index contributed by atoms with van der Waals surface area (Å²) in [5, 5.41) is 22.1. The number of nitrogens with one attached hydrogen (secondary N) is 4. The number of ether oxygens (including phenoxy) is 2. The van der Waals surface area contributed by atoms with Gasteiger partial charge in [-0.05, 0) is 42.2 Å². The molecule has 0 aliphatic carbocycles. The molecule has 5 N–H and O–H groups in total. The summed E-state index contributed by atoms with van der Waals surface area (Å²) in [6.45, 7) is 10.3. The number of benzene rings is 2. The molecule has 12 heteroatoms. The van der Waals surface area contributed by atoms with Crippen LogP contribution in [0.3, 0.4) is 0 Å². The standard InChI is InChI=1S/C35H50N4O8/c1-21(2)29(33(43)39-30(22(3)4)34(44)46-7)38-28(40)18-23(5)31(41)27(19-25-14-10-8-11-15-25)37-32(42)24(6)36-35(45)47-20-26-16-12-9-13-17-26/h8-17,21-24,27,29-31,41H,18-20H2,1-7H3,(H,36,45)(H,37,42)(H,38,40)(H,39,43)/t23?,24-,27-,29?,30?,31?/m0/s1. The zero-order valence-corrected chi connectivity index (χ0v) is 28.3. The molecule has 0 aromatic heterocycles. The fraction of sp³-hybridized carbons (Fsp3) is 0.514. The van der Waals surface area contributed by atoms with E-state index in [1.807, 2.05) is 60.7 Å². The van der Waals surface area contributed by atoms with Crippen LogP contribution in [-0.2, 0) is 41.7 Å². The number of amides is 4. The molecule has 2 rings (SSSR count). The molecule has 0 bridgehead atoms. The van der Waals surface area contributed by atoms with E-state index in [-0.39, 0.29) is 31.3 Å². The van der Waals surface area contributed by atoms with Gasteiger partial charge in [-0.2, -0.15) is 0 Å². The second-order valence-corrected chi connectivity index (χ2v) is 12.4. The fourth-order valence-electron chi connectivity index (χ4n) is 4.88. The molecule has 4 unspecified atom stereocenters. The first-order chi connectivity index (χ1) is 22.2. The van der Waals surface area contributed by atoms with Gasteiger partial charge in [0.1, 0.15) is 24.7 Å². The van der Waals surface area contributed by atoms with Crippen LogP contribution >= 0.6 is 0 Å². The smallest absolute Gasteiger partial charge is 0.408 e. The topological polar surface area (TPSA) is 172 Å². The summed E-state index contributed by atoms with van der Waals surface area (Å²) in [5.41, 5.74) is 1.64. The van der Waals surface area contributed by atoms with Gasteiger partial charge < -0.3 is 35.8 Å². The molecule has 47 heavy (non-hydrogen) atoms. The van der Waals surface area contributed by atoms with Crippen molar-refractivity contribution in [1.29, 1.82) is 0 Å². The van der Waals surface area contributed by atoms with Crippen LogP contribution < -0.4 is 21.3 Å². The summed E-state index contributed by atoms with van der Waals surface area (Å²) in [4.78, 5) is 63.9. The highest BCUT2D eigenvalue weighted by atomic mass is 16.5. The van der Waals surface area contributed by atoms with Crippen LogP contribution in [-0.4, -0.2) is 72.3 Å². The lowest BCUT2D eigenvalue weighted by Crippen LogP contribution is -2.56. The third kappa shape index (κ3) is 13.1. The van der Waals surface area contributed by atoms with Gasteiger partial charge in [0.25, 0.3) is 0 Å².